The number of Topliss-reactive ketones (excluding diaryl/α,β-unsaturated/α-hetero) is 1. The molecule has 1 aliphatic rings. The van der Waals surface area contributed by atoms with E-state index in [9.17, 15) is 9.59 Å². The Bertz CT molecular complexity index is 1400. The second-order valence-corrected chi connectivity index (χ2v) is 10.6. The Morgan fingerprint density at radius 2 is 1.59 bits per heavy atom. The molecule has 1 aromatic heterocycles. The highest BCUT2D eigenvalue weighted by molar-refractivity contribution is 9.10. The number of rotatable bonds is 6. The quantitative estimate of drug-likeness (QED) is 0.223. The van der Waals surface area contributed by atoms with E-state index in [4.69, 9.17) is 4.74 Å². The van der Waals surface area contributed by atoms with Crippen LogP contribution in [-0.2, 0) is 6.42 Å². The van der Waals surface area contributed by atoms with Gasteiger partial charge in [0, 0.05) is 32.6 Å². The lowest BCUT2D eigenvalue weighted by atomic mass is 9.80. The number of aryl methyl sites for hydroxylation is 2. The number of halogens is 1. The third-order valence-electron chi connectivity index (χ3n) is 7.15. The van der Waals surface area contributed by atoms with Crippen molar-refractivity contribution in [1.82, 2.24) is 4.57 Å². The van der Waals surface area contributed by atoms with Crippen molar-refractivity contribution < 1.29 is 14.3 Å². The summed E-state index contributed by atoms with van der Waals surface area (Å²) in [7, 11) is 1.67. The molecule has 0 saturated heterocycles. The van der Waals surface area contributed by atoms with Crippen LogP contribution in [0.3, 0.4) is 0 Å². The minimum atomic E-state index is 0.0185. The maximum atomic E-state index is 13.1. The van der Waals surface area contributed by atoms with Crippen LogP contribution in [0.1, 0.15) is 70.1 Å². The fraction of sp³-hybridized carbons (Fsp3) is 0.312. The van der Waals surface area contributed by atoms with E-state index in [1.165, 1.54) is 12.0 Å². The second kappa shape index (κ2) is 11.9. The van der Waals surface area contributed by atoms with Gasteiger partial charge in [-0.3, -0.25) is 14.2 Å². The monoisotopic (exact) mass is 559 g/mol. The molecule has 0 N–H and O–H groups in total. The van der Waals surface area contributed by atoms with E-state index in [1.54, 1.807) is 7.11 Å². The largest absolute Gasteiger partial charge is 0.497 e. The zero-order valence-corrected chi connectivity index (χ0v) is 23.6. The fourth-order valence-electron chi connectivity index (χ4n) is 4.76. The first kappa shape index (κ1) is 26.9. The van der Waals surface area contributed by atoms with Gasteiger partial charge >= 0.3 is 0 Å². The summed E-state index contributed by atoms with van der Waals surface area (Å²) in [6.07, 6.45) is 5.36. The maximum absolute atomic E-state index is 13.1. The van der Waals surface area contributed by atoms with Gasteiger partial charge in [-0.1, -0.05) is 65.5 Å². The van der Waals surface area contributed by atoms with Crippen LogP contribution in [0, 0.1) is 19.8 Å². The Morgan fingerprint density at radius 1 is 0.946 bits per heavy atom. The number of nitrogens with zero attached hydrogens (tertiary/aromatic N) is 1. The van der Waals surface area contributed by atoms with Crippen molar-refractivity contribution in [2.75, 3.05) is 7.11 Å². The third-order valence-corrected chi connectivity index (χ3v) is 7.68. The van der Waals surface area contributed by atoms with Crippen LogP contribution in [0.15, 0.2) is 71.2 Å². The molecule has 1 aliphatic carbocycles. The molecule has 192 valence electrons. The van der Waals surface area contributed by atoms with Gasteiger partial charge in [0.1, 0.15) is 5.75 Å². The molecular formula is C32H34BrNO3. The van der Waals surface area contributed by atoms with Crippen LogP contribution in [0.2, 0.25) is 0 Å². The molecule has 0 bridgehead atoms. The average molecular weight is 561 g/mol. The minimum Gasteiger partial charge on any atom is -0.497 e. The minimum absolute atomic E-state index is 0.0185. The number of methoxy groups -OCH3 is 1. The molecule has 0 atom stereocenters. The first-order chi connectivity index (χ1) is 17.8. The highest BCUT2D eigenvalue weighted by atomic mass is 79.9. The van der Waals surface area contributed by atoms with E-state index < -0.39 is 0 Å². The lowest BCUT2D eigenvalue weighted by Crippen LogP contribution is -2.21. The van der Waals surface area contributed by atoms with Crippen LogP contribution < -0.4 is 4.74 Å². The average Bonchev–Trinajstić information content (AvgIpc) is 3.14. The maximum Gasteiger partial charge on any atom is 0.262 e. The SMILES string of the molecule is CCCc1c(C)n(C(=O)c2ccc(C)cc2)c2ccc(OC)cc12.O=C(c1ccc(Br)cc1)C1CCC1. The van der Waals surface area contributed by atoms with E-state index in [1.807, 2.05) is 85.1 Å². The Morgan fingerprint density at radius 3 is 2.16 bits per heavy atom. The molecule has 1 saturated carbocycles. The first-order valence-corrected chi connectivity index (χ1v) is 13.7. The summed E-state index contributed by atoms with van der Waals surface area (Å²) in [4.78, 5) is 24.8. The number of ketones is 1. The van der Waals surface area contributed by atoms with Gasteiger partial charge < -0.3 is 4.74 Å². The Labute approximate surface area is 227 Å². The zero-order chi connectivity index (χ0) is 26.5. The molecule has 0 aliphatic heterocycles. The number of benzene rings is 3. The van der Waals surface area contributed by atoms with Gasteiger partial charge in [-0.15, -0.1) is 0 Å². The summed E-state index contributed by atoms with van der Waals surface area (Å²) < 4.78 is 8.23. The number of fused-ring (bicyclic) bond motifs is 1. The van der Waals surface area contributed by atoms with Crippen molar-refractivity contribution in [2.45, 2.75) is 52.9 Å². The van der Waals surface area contributed by atoms with Gasteiger partial charge in [0.2, 0.25) is 0 Å². The van der Waals surface area contributed by atoms with Crippen molar-refractivity contribution in [3.05, 3.63) is 99.2 Å². The van der Waals surface area contributed by atoms with E-state index in [2.05, 4.69) is 22.9 Å². The molecule has 1 fully saturated rings. The Kier molecular flexibility index (Phi) is 8.65. The predicted octanol–water partition coefficient (Wildman–Crippen LogP) is 8.34. The van der Waals surface area contributed by atoms with E-state index in [0.29, 0.717) is 17.3 Å². The van der Waals surface area contributed by atoms with Crippen molar-refractivity contribution in [2.24, 2.45) is 5.92 Å². The normalized spacial score (nSPS) is 13.0. The topological polar surface area (TPSA) is 48.3 Å². The second-order valence-electron chi connectivity index (χ2n) is 9.70. The molecule has 4 aromatic rings. The Balaban J connectivity index is 0.000000207. The molecule has 4 nitrogen and oxygen atoms in total. The van der Waals surface area contributed by atoms with Crippen LogP contribution in [0.25, 0.3) is 10.9 Å². The molecule has 1 heterocycles. The summed E-state index contributed by atoms with van der Waals surface area (Å²) in [6.45, 7) is 6.21. The van der Waals surface area contributed by atoms with Gasteiger partial charge in [-0.2, -0.15) is 0 Å². The molecule has 37 heavy (non-hydrogen) atoms. The van der Waals surface area contributed by atoms with E-state index >= 15 is 0 Å². The van der Waals surface area contributed by atoms with Gasteiger partial charge in [0.05, 0.1) is 12.6 Å². The van der Waals surface area contributed by atoms with E-state index in [-0.39, 0.29) is 5.91 Å². The molecule has 0 unspecified atom stereocenters. The molecule has 0 radical (unpaired) electrons. The lowest BCUT2D eigenvalue weighted by molar-refractivity contribution is 0.0854. The van der Waals surface area contributed by atoms with Gasteiger partial charge in [-0.25, -0.2) is 0 Å². The number of carbonyl (C=O) groups excluding carboxylic acids is 2. The number of hydrogen-bond donors (Lipinski definition) is 0. The van der Waals surface area contributed by atoms with Crippen LogP contribution >= 0.6 is 15.9 Å². The summed E-state index contributed by atoms with van der Waals surface area (Å²) in [6, 6.07) is 21.3. The van der Waals surface area contributed by atoms with Crippen molar-refractivity contribution >= 4 is 38.5 Å². The number of ether oxygens (including phenoxy) is 1. The number of aromatic nitrogens is 1. The molecule has 5 rings (SSSR count). The zero-order valence-electron chi connectivity index (χ0n) is 22.0. The van der Waals surface area contributed by atoms with Crippen LogP contribution in [-0.4, -0.2) is 23.4 Å². The fourth-order valence-corrected chi connectivity index (χ4v) is 5.03. The first-order valence-electron chi connectivity index (χ1n) is 12.9. The highest BCUT2D eigenvalue weighted by Crippen LogP contribution is 2.31. The van der Waals surface area contributed by atoms with Crippen molar-refractivity contribution in [1.29, 1.82) is 0 Å². The summed E-state index contributed by atoms with van der Waals surface area (Å²) >= 11 is 3.35. The van der Waals surface area contributed by atoms with Gasteiger partial charge in [-0.05, 0) is 81.1 Å². The van der Waals surface area contributed by atoms with Gasteiger partial charge in [0.25, 0.3) is 5.91 Å². The summed E-state index contributed by atoms with van der Waals surface area (Å²) in [5, 5.41) is 1.11. The highest BCUT2D eigenvalue weighted by Gasteiger charge is 2.25. The number of carbonyl (C=O) groups is 2. The molecule has 0 spiro atoms. The van der Waals surface area contributed by atoms with Gasteiger partial charge in [0.15, 0.2) is 5.78 Å². The standard InChI is InChI=1S/C21H23NO2.C11H11BrO/c1-5-6-18-15(3)22(20-12-11-17(24-4)13-19(18)20)21(23)16-9-7-14(2)8-10-16;12-10-6-4-9(5-7-10)11(13)8-2-1-3-8/h7-13H,5-6H2,1-4H3;4-8H,1-3H2. The smallest absolute Gasteiger partial charge is 0.262 e. The molecule has 3 aromatic carbocycles. The molecular weight excluding hydrogens is 526 g/mol. The van der Waals surface area contributed by atoms with E-state index in [0.717, 1.165) is 63.6 Å². The number of hydrogen-bond acceptors (Lipinski definition) is 3. The van der Waals surface area contributed by atoms with Crippen LogP contribution in [0.4, 0.5) is 0 Å². The van der Waals surface area contributed by atoms with Crippen LogP contribution in [0.5, 0.6) is 5.75 Å². The Hall–Kier alpha value is -3.18. The lowest BCUT2D eigenvalue weighted by Gasteiger charge is -2.23. The summed E-state index contributed by atoms with van der Waals surface area (Å²) in [5.41, 5.74) is 5.91. The van der Waals surface area contributed by atoms with Crippen molar-refractivity contribution in [3.8, 4) is 5.75 Å². The molecule has 0 amide bonds. The van der Waals surface area contributed by atoms with Crippen molar-refractivity contribution in [3.63, 3.8) is 0 Å². The summed E-state index contributed by atoms with van der Waals surface area (Å²) in [5.74, 6) is 1.46. The predicted molar refractivity (Wildman–Crippen MR) is 154 cm³/mol. The molecule has 5 heteroatoms. The third kappa shape index (κ3) is 5.88.